The van der Waals surface area contributed by atoms with Crippen LogP contribution in [0.15, 0.2) is 18.2 Å². The van der Waals surface area contributed by atoms with Gasteiger partial charge in [-0.2, -0.15) is 0 Å². The van der Waals surface area contributed by atoms with E-state index in [0.29, 0.717) is 0 Å². The van der Waals surface area contributed by atoms with Crippen molar-refractivity contribution in [1.29, 1.82) is 0 Å². The first-order valence-electron chi connectivity index (χ1n) is 6.26. The molecule has 1 saturated heterocycles. The van der Waals surface area contributed by atoms with E-state index in [1.165, 1.54) is 5.56 Å². The Bertz CT molecular complexity index is 414. The van der Waals surface area contributed by atoms with Gasteiger partial charge >= 0.3 is 0 Å². The summed E-state index contributed by atoms with van der Waals surface area (Å²) in [5.41, 5.74) is 3.05. The first-order valence-corrected chi connectivity index (χ1v) is 6.26. The maximum atomic E-state index is 12.1. The van der Waals surface area contributed by atoms with Crippen LogP contribution in [-0.2, 0) is 0 Å². The Morgan fingerprint density at radius 1 is 1.39 bits per heavy atom. The van der Waals surface area contributed by atoms with Crippen LogP contribution in [-0.4, -0.2) is 25.0 Å². The molecule has 0 bridgehead atoms. The van der Waals surface area contributed by atoms with E-state index in [2.05, 4.69) is 10.6 Å². The van der Waals surface area contributed by atoms with E-state index in [9.17, 15) is 4.79 Å². The van der Waals surface area contributed by atoms with Gasteiger partial charge in [0.25, 0.3) is 5.91 Å². The second-order valence-electron chi connectivity index (χ2n) is 4.76. The van der Waals surface area contributed by atoms with Gasteiger partial charge in [-0.3, -0.25) is 4.79 Å². The summed E-state index contributed by atoms with van der Waals surface area (Å²) < 4.78 is 0. The summed E-state index contributed by atoms with van der Waals surface area (Å²) >= 11 is 0. The molecule has 4 heteroatoms. The topological polar surface area (TPSA) is 41.1 Å². The molecular formula is C14H21ClN2O. The van der Waals surface area contributed by atoms with E-state index in [1.54, 1.807) is 0 Å². The van der Waals surface area contributed by atoms with Gasteiger partial charge in [0.1, 0.15) is 0 Å². The predicted octanol–water partition coefficient (Wildman–Crippen LogP) is 2.21. The van der Waals surface area contributed by atoms with E-state index in [-0.39, 0.29) is 24.4 Å². The Labute approximate surface area is 115 Å². The fourth-order valence-electron chi connectivity index (χ4n) is 2.24. The van der Waals surface area contributed by atoms with Gasteiger partial charge in [-0.1, -0.05) is 12.1 Å². The summed E-state index contributed by atoms with van der Waals surface area (Å²) in [5.74, 6) is 0.0555. The van der Waals surface area contributed by atoms with Gasteiger partial charge in [0.05, 0.1) is 0 Å². The lowest BCUT2D eigenvalue weighted by atomic mass is 10.0. The zero-order valence-electron chi connectivity index (χ0n) is 11.0. The fraction of sp³-hybridized carbons (Fsp3) is 0.500. The summed E-state index contributed by atoms with van der Waals surface area (Å²) in [6, 6.07) is 6.15. The highest BCUT2D eigenvalue weighted by Crippen LogP contribution is 2.13. The van der Waals surface area contributed by atoms with Crippen molar-refractivity contribution in [2.45, 2.75) is 32.7 Å². The largest absolute Gasteiger partial charge is 0.348 e. The van der Waals surface area contributed by atoms with E-state index < -0.39 is 0 Å². The first-order chi connectivity index (χ1) is 8.18. The molecule has 1 amide bonds. The number of carbonyl (C=O) groups excluding carboxylic acids is 1. The van der Waals surface area contributed by atoms with Crippen molar-refractivity contribution in [1.82, 2.24) is 10.6 Å². The molecule has 1 aromatic carbocycles. The number of nitrogens with one attached hydrogen (secondary N) is 2. The minimum absolute atomic E-state index is 0. The van der Waals surface area contributed by atoms with Gasteiger partial charge in [-0.25, -0.2) is 0 Å². The van der Waals surface area contributed by atoms with Gasteiger partial charge in [0.15, 0.2) is 0 Å². The van der Waals surface area contributed by atoms with E-state index in [0.717, 1.165) is 37.1 Å². The Kier molecular flexibility index (Phi) is 5.63. The monoisotopic (exact) mass is 268 g/mol. The molecule has 1 fully saturated rings. The van der Waals surface area contributed by atoms with Crippen molar-refractivity contribution < 1.29 is 4.79 Å². The number of carbonyl (C=O) groups is 1. The van der Waals surface area contributed by atoms with Crippen LogP contribution in [0.25, 0.3) is 0 Å². The maximum Gasteiger partial charge on any atom is 0.251 e. The van der Waals surface area contributed by atoms with Crippen molar-refractivity contribution in [2.24, 2.45) is 0 Å². The SMILES string of the molecule is Cc1cccc(C(=O)N[C@@H]2CCCNC2)c1C.Cl. The number of piperidine rings is 1. The normalized spacial score (nSPS) is 18.9. The van der Waals surface area contributed by atoms with Gasteiger partial charge in [-0.05, 0) is 50.4 Å². The lowest BCUT2D eigenvalue weighted by Gasteiger charge is -2.24. The number of benzene rings is 1. The van der Waals surface area contributed by atoms with Crippen LogP contribution in [0.5, 0.6) is 0 Å². The quantitative estimate of drug-likeness (QED) is 0.864. The molecule has 2 N–H and O–H groups in total. The van der Waals surface area contributed by atoms with Crippen molar-refractivity contribution in [3.05, 3.63) is 34.9 Å². The second kappa shape index (κ2) is 6.76. The molecule has 2 rings (SSSR count). The van der Waals surface area contributed by atoms with Crippen LogP contribution in [0.3, 0.4) is 0 Å². The molecule has 0 aliphatic carbocycles. The summed E-state index contributed by atoms with van der Waals surface area (Å²) in [6.07, 6.45) is 2.21. The van der Waals surface area contributed by atoms with E-state index in [1.807, 2.05) is 32.0 Å². The van der Waals surface area contributed by atoms with Crippen LogP contribution < -0.4 is 10.6 Å². The Morgan fingerprint density at radius 2 is 2.17 bits per heavy atom. The van der Waals surface area contributed by atoms with Crippen LogP contribution >= 0.6 is 12.4 Å². The highest BCUT2D eigenvalue weighted by atomic mass is 35.5. The van der Waals surface area contributed by atoms with Crippen LogP contribution in [0, 0.1) is 13.8 Å². The predicted molar refractivity (Wildman–Crippen MR) is 76.5 cm³/mol. The summed E-state index contributed by atoms with van der Waals surface area (Å²) in [7, 11) is 0. The minimum Gasteiger partial charge on any atom is -0.348 e. The smallest absolute Gasteiger partial charge is 0.251 e. The molecule has 1 aromatic rings. The van der Waals surface area contributed by atoms with Crippen molar-refractivity contribution in [3.8, 4) is 0 Å². The number of halogens is 1. The van der Waals surface area contributed by atoms with Crippen LogP contribution in [0.4, 0.5) is 0 Å². The zero-order chi connectivity index (χ0) is 12.3. The Hall–Kier alpha value is -1.06. The molecule has 0 unspecified atom stereocenters. The fourth-order valence-corrected chi connectivity index (χ4v) is 2.24. The molecule has 0 radical (unpaired) electrons. The third kappa shape index (κ3) is 3.47. The standard InChI is InChI=1S/C14H20N2O.ClH/c1-10-5-3-7-13(11(10)2)14(17)16-12-6-4-8-15-9-12;/h3,5,7,12,15H,4,6,8-9H2,1-2H3,(H,16,17);1H/t12-;/m1./s1. The van der Waals surface area contributed by atoms with Gasteiger partial charge < -0.3 is 10.6 Å². The summed E-state index contributed by atoms with van der Waals surface area (Å²) in [5, 5.41) is 6.40. The minimum atomic E-state index is 0. The van der Waals surface area contributed by atoms with Gasteiger partial charge in [0, 0.05) is 18.2 Å². The average molecular weight is 269 g/mol. The molecular weight excluding hydrogens is 248 g/mol. The summed E-state index contributed by atoms with van der Waals surface area (Å²) in [6.45, 7) is 5.99. The number of rotatable bonds is 2. The van der Waals surface area contributed by atoms with Crippen LogP contribution in [0.1, 0.15) is 34.3 Å². The summed E-state index contributed by atoms with van der Waals surface area (Å²) in [4.78, 5) is 12.1. The third-order valence-electron chi connectivity index (χ3n) is 3.48. The molecule has 100 valence electrons. The maximum absolute atomic E-state index is 12.1. The molecule has 18 heavy (non-hydrogen) atoms. The second-order valence-corrected chi connectivity index (χ2v) is 4.76. The molecule has 1 atom stereocenters. The van der Waals surface area contributed by atoms with E-state index in [4.69, 9.17) is 0 Å². The molecule has 1 aliphatic heterocycles. The lowest BCUT2D eigenvalue weighted by Crippen LogP contribution is -2.45. The first kappa shape index (κ1) is 15.0. The Balaban J connectivity index is 0.00000162. The van der Waals surface area contributed by atoms with Crippen molar-refractivity contribution in [2.75, 3.05) is 13.1 Å². The van der Waals surface area contributed by atoms with Gasteiger partial charge in [-0.15, -0.1) is 12.4 Å². The van der Waals surface area contributed by atoms with Crippen LogP contribution in [0.2, 0.25) is 0 Å². The van der Waals surface area contributed by atoms with Gasteiger partial charge in [0.2, 0.25) is 0 Å². The molecule has 1 heterocycles. The molecule has 3 nitrogen and oxygen atoms in total. The molecule has 1 aliphatic rings. The zero-order valence-corrected chi connectivity index (χ0v) is 11.8. The number of hydrogen-bond acceptors (Lipinski definition) is 2. The molecule has 0 saturated carbocycles. The van der Waals surface area contributed by atoms with Crippen molar-refractivity contribution >= 4 is 18.3 Å². The third-order valence-corrected chi connectivity index (χ3v) is 3.48. The molecule has 0 aromatic heterocycles. The highest BCUT2D eigenvalue weighted by molar-refractivity contribution is 5.96. The average Bonchev–Trinajstić information content (AvgIpc) is 2.34. The molecule has 0 spiro atoms. The Morgan fingerprint density at radius 3 is 2.83 bits per heavy atom. The van der Waals surface area contributed by atoms with Crippen molar-refractivity contribution in [3.63, 3.8) is 0 Å². The lowest BCUT2D eigenvalue weighted by molar-refractivity contribution is 0.0930. The number of aryl methyl sites for hydroxylation is 1. The number of amides is 1. The number of hydrogen-bond donors (Lipinski definition) is 2. The van der Waals surface area contributed by atoms with E-state index >= 15 is 0 Å². The highest BCUT2D eigenvalue weighted by Gasteiger charge is 2.17.